The van der Waals surface area contributed by atoms with Gasteiger partial charge in [0.2, 0.25) is 0 Å². The van der Waals surface area contributed by atoms with Crippen LogP contribution in [0, 0.1) is 5.92 Å². The fourth-order valence-electron chi connectivity index (χ4n) is 2.48. The molecular weight excluding hydrogens is 328 g/mol. The summed E-state index contributed by atoms with van der Waals surface area (Å²) in [6, 6.07) is 0. The van der Waals surface area contributed by atoms with E-state index in [0.717, 1.165) is 6.08 Å². The Bertz CT molecular complexity index is 477. The predicted molar refractivity (Wildman–Crippen MR) is 69.5 cm³/mol. The number of hydrogen-bond acceptors (Lipinski definition) is 3. The topological polar surface area (TPSA) is 30.5 Å². The highest BCUT2D eigenvalue weighted by Gasteiger charge is 2.43. The lowest BCUT2D eigenvalue weighted by Crippen LogP contribution is -2.42. The van der Waals surface area contributed by atoms with Crippen molar-refractivity contribution in [1.29, 1.82) is 0 Å². The zero-order valence-corrected chi connectivity index (χ0v) is 12.3. The summed E-state index contributed by atoms with van der Waals surface area (Å²) >= 11 is 0. The van der Waals surface area contributed by atoms with Gasteiger partial charge in [0, 0.05) is 24.6 Å². The van der Waals surface area contributed by atoms with Gasteiger partial charge in [-0.3, -0.25) is 0 Å². The Labute approximate surface area is 129 Å². The van der Waals surface area contributed by atoms with Crippen LogP contribution in [0.3, 0.4) is 0 Å². The van der Waals surface area contributed by atoms with Crippen LogP contribution >= 0.6 is 0 Å². The zero-order valence-electron chi connectivity index (χ0n) is 12.3. The normalized spacial score (nSPS) is 28.1. The van der Waals surface area contributed by atoms with Crippen molar-refractivity contribution in [2.24, 2.45) is 5.92 Å². The third-order valence-corrected chi connectivity index (χ3v) is 3.73. The lowest BCUT2D eigenvalue weighted by molar-refractivity contribution is -0.184. The molecule has 0 aromatic heterocycles. The minimum atomic E-state index is -4.84. The quantitative estimate of drug-likeness (QED) is 0.796. The van der Waals surface area contributed by atoms with Crippen LogP contribution in [0.15, 0.2) is 23.3 Å². The molecule has 1 fully saturated rings. The molecule has 1 heterocycles. The molecule has 9 heteroatoms. The molecule has 0 aromatic carbocycles. The van der Waals surface area contributed by atoms with Gasteiger partial charge in [-0.15, -0.1) is 0 Å². The highest BCUT2D eigenvalue weighted by atomic mass is 19.4. The second-order valence-electron chi connectivity index (χ2n) is 5.50. The first-order valence-electron chi connectivity index (χ1n) is 7.12. The standard InChI is InChI=1S/C14H17F6NO2/c1-8(23-12-7-21-2-3-22-12)9-4-10(13(15,16)17)6-11(5-9)14(18,19)20/h4,6,8-9,12,21H,2-3,5,7H2,1H3/t8-,9?,12-/m0/s1. The van der Waals surface area contributed by atoms with Crippen LogP contribution in [0.1, 0.15) is 13.3 Å². The number of morpholine rings is 1. The molecule has 2 aliphatic rings. The molecule has 0 amide bonds. The van der Waals surface area contributed by atoms with Gasteiger partial charge in [-0.05, 0) is 19.4 Å². The Kier molecular flexibility index (Phi) is 5.42. The molecule has 0 aromatic rings. The van der Waals surface area contributed by atoms with Gasteiger partial charge in [-0.25, -0.2) is 0 Å². The number of halogens is 6. The minimum Gasteiger partial charge on any atom is -0.350 e. The summed E-state index contributed by atoms with van der Waals surface area (Å²) in [5.41, 5.74) is -2.49. The fraction of sp³-hybridized carbons (Fsp3) is 0.714. The highest BCUT2D eigenvalue weighted by molar-refractivity contribution is 5.35. The van der Waals surface area contributed by atoms with E-state index in [9.17, 15) is 26.3 Å². The summed E-state index contributed by atoms with van der Waals surface area (Å²) in [5, 5.41) is 2.97. The van der Waals surface area contributed by atoms with Crippen LogP contribution in [0.4, 0.5) is 26.3 Å². The second-order valence-corrected chi connectivity index (χ2v) is 5.50. The third kappa shape index (κ3) is 4.95. The monoisotopic (exact) mass is 345 g/mol. The summed E-state index contributed by atoms with van der Waals surface area (Å²) in [6.45, 7) is 2.79. The van der Waals surface area contributed by atoms with Crippen molar-refractivity contribution in [3.63, 3.8) is 0 Å². The van der Waals surface area contributed by atoms with Crippen molar-refractivity contribution >= 4 is 0 Å². The average molecular weight is 345 g/mol. The largest absolute Gasteiger partial charge is 0.416 e. The first kappa shape index (κ1) is 18.3. The van der Waals surface area contributed by atoms with Crippen molar-refractivity contribution in [2.45, 2.75) is 38.1 Å². The molecule has 0 bridgehead atoms. The summed E-state index contributed by atoms with van der Waals surface area (Å²) in [4.78, 5) is 0. The van der Waals surface area contributed by atoms with Gasteiger partial charge in [-0.2, -0.15) is 26.3 Å². The Hall–Kier alpha value is -1.06. The summed E-state index contributed by atoms with van der Waals surface area (Å²) < 4.78 is 87.8. The Morgan fingerprint density at radius 2 is 1.91 bits per heavy atom. The lowest BCUT2D eigenvalue weighted by atomic mass is 9.86. The van der Waals surface area contributed by atoms with E-state index in [1.807, 2.05) is 0 Å². The maximum Gasteiger partial charge on any atom is 0.416 e. The Morgan fingerprint density at radius 3 is 2.43 bits per heavy atom. The second kappa shape index (κ2) is 6.82. The van der Waals surface area contributed by atoms with E-state index in [2.05, 4.69) is 5.32 Å². The number of allylic oxidation sites excluding steroid dienone is 3. The minimum absolute atomic E-state index is 0.169. The summed E-state index contributed by atoms with van der Waals surface area (Å²) in [5.74, 6) is -1.03. The number of rotatable bonds is 3. The van der Waals surface area contributed by atoms with Gasteiger partial charge >= 0.3 is 12.4 Å². The molecule has 1 aliphatic carbocycles. The molecule has 2 rings (SSSR count). The average Bonchev–Trinajstić information content (AvgIpc) is 2.46. The first-order valence-corrected chi connectivity index (χ1v) is 7.12. The fourth-order valence-corrected chi connectivity index (χ4v) is 2.48. The zero-order chi connectivity index (χ0) is 17.3. The SMILES string of the molecule is C[C@H](O[C@H]1CNCCO1)C1C=C(C(F)(F)F)C=C(C(F)(F)F)C1. The maximum absolute atomic E-state index is 12.9. The van der Waals surface area contributed by atoms with Gasteiger partial charge in [0.05, 0.1) is 18.3 Å². The van der Waals surface area contributed by atoms with Crippen molar-refractivity contribution in [1.82, 2.24) is 5.32 Å². The highest BCUT2D eigenvalue weighted by Crippen LogP contribution is 2.41. The van der Waals surface area contributed by atoms with Crippen LogP contribution < -0.4 is 5.32 Å². The van der Waals surface area contributed by atoms with Crippen molar-refractivity contribution in [3.8, 4) is 0 Å². The molecule has 1 N–H and O–H groups in total. The summed E-state index contributed by atoms with van der Waals surface area (Å²) in [6.07, 6.45) is -10.7. The van der Waals surface area contributed by atoms with E-state index in [-0.39, 0.29) is 6.08 Å². The van der Waals surface area contributed by atoms with Gasteiger partial charge in [0.1, 0.15) is 0 Å². The predicted octanol–water partition coefficient (Wildman–Crippen LogP) is 3.33. The van der Waals surface area contributed by atoms with Crippen LogP contribution in [0.5, 0.6) is 0 Å². The Balaban J connectivity index is 2.14. The molecule has 0 saturated carbocycles. The number of ether oxygens (including phenoxy) is 2. The van der Waals surface area contributed by atoms with E-state index < -0.39 is 48.2 Å². The van der Waals surface area contributed by atoms with Gasteiger partial charge < -0.3 is 14.8 Å². The van der Waals surface area contributed by atoms with E-state index in [1.165, 1.54) is 6.92 Å². The van der Waals surface area contributed by atoms with Crippen LogP contribution in [0.2, 0.25) is 0 Å². The van der Waals surface area contributed by atoms with E-state index in [4.69, 9.17) is 9.47 Å². The molecule has 1 aliphatic heterocycles. The van der Waals surface area contributed by atoms with Crippen LogP contribution in [-0.4, -0.2) is 44.4 Å². The summed E-state index contributed by atoms with van der Waals surface area (Å²) in [7, 11) is 0. The van der Waals surface area contributed by atoms with Gasteiger partial charge in [0.15, 0.2) is 6.29 Å². The number of alkyl halides is 6. The van der Waals surface area contributed by atoms with E-state index in [1.54, 1.807) is 0 Å². The Morgan fingerprint density at radius 1 is 1.22 bits per heavy atom. The van der Waals surface area contributed by atoms with Crippen molar-refractivity contribution < 1.29 is 35.8 Å². The van der Waals surface area contributed by atoms with Crippen LogP contribution in [-0.2, 0) is 9.47 Å². The van der Waals surface area contributed by atoms with Crippen LogP contribution in [0.25, 0.3) is 0 Å². The van der Waals surface area contributed by atoms with Gasteiger partial charge in [-0.1, -0.05) is 6.08 Å². The number of hydrogen-bond donors (Lipinski definition) is 1. The molecular formula is C14H17F6NO2. The molecule has 0 spiro atoms. The molecule has 3 nitrogen and oxygen atoms in total. The first-order chi connectivity index (χ1) is 10.6. The number of nitrogens with one attached hydrogen (secondary N) is 1. The lowest BCUT2D eigenvalue weighted by Gasteiger charge is -2.32. The smallest absolute Gasteiger partial charge is 0.350 e. The molecule has 3 atom stereocenters. The van der Waals surface area contributed by atoms with E-state index >= 15 is 0 Å². The van der Waals surface area contributed by atoms with Crippen molar-refractivity contribution in [3.05, 3.63) is 23.3 Å². The third-order valence-electron chi connectivity index (χ3n) is 3.73. The molecule has 1 unspecified atom stereocenters. The maximum atomic E-state index is 12.9. The van der Waals surface area contributed by atoms with E-state index in [0.29, 0.717) is 19.7 Å². The molecule has 0 radical (unpaired) electrons. The van der Waals surface area contributed by atoms with Crippen molar-refractivity contribution in [2.75, 3.05) is 19.7 Å². The molecule has 23 heavy (non-hydrogen) atoms. The molecule has 1 saturated heterocycles. The molecule has 132 valence electrons. The van der Waals surface area contributed by atoms with Gasteiger partial charge in [0.25, 0.3) is 0 Å².